The zero-order chi connectivity index (χ0) is 16.5. The second-order valence-electron chi connectivity index (χ2n) is 5.77. The summed E-state index contributed by atoms with van der Waals surface area (Å²) < 4.78 is 10.5. The second-order valence-corrected chi connectivity index (χ2v) is 6.15. The predicted molar refractivity (Wildman–Crippen MR) is 83.6 cm³/mol. The molecule has 0 bridgehead atoms. The number of alkyl halides is 1. The minimum atomic E-state index is -0.618. The van der Waals surface area contributed by atoms with Gasteiger partial charge in [0.1, 0.15) is 11.6 Å². The van der Waals surface area contributed by atoms with E-state index in [0.717, 1.165) is 6.42 Å². The largest absolute Gasteiger partial charge is 0.464 e. The molecule has 0 aromatic rings. The van der Waals surface area contributed by atoms with Crippen molar-refractivity contribution in [3.8, 4) is 0 Å². The Morgan fingerprint density at radius 2 is 1.86 bits per heavy atom. The molecule has 0 fully saturated rings. The van der Waals surface area contributed by atoms with Crippen molar-refractivity contribution in [1.82, 2.24) is 4.90 Å². The lowest BCUT2D eigenvalue weighted by Crippen LogP contribution is -2.48. The summed E-state index contributed by atoms with van der Waals surface area (Å²) in [5.41, 5.74) is -0.609. The van der Waals surface area contributed by atoms with E-state index < -0.39 is 17.7 Å². The maximum Gasteiger partial charge on any atom is 0.411 e. The van der Waals surface area contributed by atoms with E-state index in [0.29, 0.717) is 25.3 Å². The Hall–Kier alpha value is -0.970. The maximum atomic E-state index is 12.3. The first-order chi connectivity index (χ1) is 9.76. The van der Waals surface area contributed by atoms with Crippen LogP contribution in [0.25, 0.3) is 0 Å². The summed E-state index contributed by atoms with van der Waals surface area (Å²) in [5.74, 6) is 0.0285. The first-order valence-corrected chi connectivity index (χ1v) is 8.02. The summed E-state index contributed by atoms with van der Waals surface area (Å²) in [6.45, 7) is 9.76. The van der Waals surface area contributed by atoms with Crippen molar-refractivity contribution >= 4 is 23.7 Å². The third kappa shape index (κ3) is 8.15. The Morgan fingerprint density at radius 1 is 1.24 bits per heavy atom. The zero-order valence-electron chi connectivity index (χ0n) is 13.8. The van der Waals surface area contributed by atoms with Crippen LogP contribution >= 0.6 is 11.6 Å². The normalized spacial score (nSPS) is 12.7. The van der Waals surface area contributed by atoms with Crippen LogP contribution in [0.1, 0.15) is 53.9 Å². The molecule has 6 heteroatoms. The first-order valence-electron chi connectivity index (χ1n) is 7.49. The van der Waals surface area contributed by atoms with Crippen LogP contribution in [0.15, 0.2) is 0 Å². The molecule has 0 heterocycles. The molecule has 0 saturated heterocycles. The van der Waals surface area contributed by atoms with E-state index in [1.807, 2.05) is 6.92 Å². The number of halogens is 1. The summed E-state index contributed by atoms with van der Waals surface area (Å²) in [6.07, 6.45) is 1.41. The van der Waals surface area contributed by atoms with Crippen LogP contribution in [0.3, 0.4) is 0 Å². The average Bonchev–Trinajstić information content (AvgIpc) is 2.36. The monoisotopic (exact) mass is 321 g/mol. The zero-order valence-corrected chi connectivity index (χ0v) is 14.5. The maximum absolute atomic E-state index is 12.3. The Kier molecular flexibility index (Phi) is 9.42. The number of rotatable bonds is 8. The van der Waals surface area contributed by atoms with Crippen LogP contribution in [0.4, 0.5) is 4.79 Å². The molecule has 0 aliphatic rings. The predicted octanol–water partition coefficient (Wildman–Crippen LogP) is 3.58. The Bertz CT molecular complexity index is 328. The minimum absolute atomic E-state index is 0.288. The Morgan fingerprint density at radius 3 is 2.29 bits per heavy atom. The summed E-state index contributed by atoms with van der Waals surface area (Å²) in [6, 6.07) is -0.618. The Balaban J connectivity index is 5.11. The lowest BCUT2D eigenvalue weighted by atomic mass is 10.1. The quantitative estimate of drug-likeness (QED) is 0.506. The number of hydrogen-bond acceptors (Lipinski definition) is 4. The summed E-state index contributed by atoms with van der Waals surface area (Å²) >= 11 is 5.71. The lowest BCUT2D eigenvalue weighted by molar-refractivity contribution is -0.149. The highest BCUT2D eigenvalue weighted by molar-refractivity contribution is 6.17. The summed E-state index contributed by atoms with van der Waals surface area (Å²) in [4.78, 5) is 25.9. The van der Waals surface area contributed by atoms with Crippen molar-refractivity contribution in [2.45, 2.75) is 65.5 Å². The highest BCUT2D eigenvalue weighted by atomic mass is 35.5. The SMILES string of the molecule is CCC[C@@H](C(=O)OCC)N(CCCCl)C(=O)OC(C)(C)C. The van der Waals surface area contributed by atoms with Crippen molar-refractivity contribution in [2.75, 3.05) is 19.0 Å². The van der Waals surface area contributed by atoms with Gasteiger partial charge in [-0.2, -0.15) is 0 Å². The van der Waals surface area contributed by atoms with Crippen LogP contribution in [-0.4, -0.2) is 47.6 Å². The molecular formula is C15H28ClNO4. The van der Waals surface area contributed by atoms with Gasteiger partial charge in [-0.25, -0.2) is 9.59 Å². The van der Waals surface area contributed by atoms with E-state index in [9.17, 15) is 9.59 Å². The van der Waals surface area contributed by atoms with Crippen molar-refractivity contribution in [1.29, 1.82) is 0 Å². The smallest absolute Gasteiger partial charge is 0.411 e. The average molecular weight is 322 g/mol. The van der Waals surface area contributed by atoms with Gasteiger partial charge in [0.2, 0.25) is 0 Å². The molecule has 0 aromatic heterocycles. The number of hydrogen-bond donors (Lipinski definition) is 0. The molecule has 0 spiro atoms. The molecule has 0 unspecified atom stereocenters. The van der Waals surface area contributed by atoms with E-state index in [1.165, 1.54) is 4.90 Å². The number of carbonyl (C=O) groups is 2. The second kappa shape index (κ2) is 9.87. The van der Waals surface area contributed by atoms with Crippen molar-refractivity contribution in [3.05, 3.63) is 0 Å². The molecule has 21 heavy (non-hydrogen) atoms. The van der Waals surface area contributed by atoms with Gasteiger partial charge >= 0.3 is 12.1 Å². The van der Waals surface area contributed by atoms with E-state index in [1.54, 1.807) is 27.7 Å². The molecule has 1 atom stereocenters. The van der Waals surface area contributed by atoms with Crippen molar-refractivity contribution in [3.63, 3.8) is 0 Å². The molecule has 1 amide bonds. The van der Waals surface area contributed by atoms with Gasteiger partial charge in [-0.15, -0.1) is 11.6 Å². The van der Waals surface area contributed by atoms with E-state index >= 15 is 0 Å². The topological polar surface area (TPSA) is 55.8 Å². The number of amides is 1. The van der Waals surface area contributed by atoms with Gasteiger partial charge in [-0.1, -0.05) is 13.3 Å². The van der Waals surface area contributed by atoms with E-state index in [4.69, 9.17) is 21.1 Å². The number of esters is 1. The minimum Gasteiger partial charge on any atom is -0.464 e. The van der Waals surface area contributed by atoms with Crippen molar-refractivity contribution < 1.29 is 19.1 Å². The van der Waals surface area contributed by atoms with E-state index in [2.05, 4.69) is 0 Å². The fraction of sp³-hybridized carbons (Fsp3) is 0.867. The molecule has 0 rings (SSSR count). The van der Waals surface area contributed by atoms with Gasteiger partial charge in [-0.05, 0) is 40.5 Å². The molecule has 124 valence electrons. The van der Waals surface area contributed by atoms with Crippen LogP contribution in [0, 0.1) is 0 Å². The molecule has 0 saturated carbocycles. The third-order valence-electron chi connectivity index (χ3n) is 2.66. The number of nitrogens with zero attached hydrogens (tertiary/aromatic N) is 1. The number of ether oxygens (including phenoxy) is 2. The molecule has 0 N–H and O–H groups in total. The number of carbonyl (C=O) groups excluding carboxylic acids is 2. The molecule has 0 aliphatic heterocycles. The van der Waals surface area contributed by atoms with Crippen LogP contribution < -0.4 is 0 Å². The van der Waals surface area contributed by atoms with Gasteiger partial charge in [0.25, 0.3) is 0 Å². The summed E-state index contributed by atoms with van der Waals surface area (Å²) in [5, 5.41) is 0. The fourth-order valence-electron chi connectivity index (χ4n) is 1.84. The third-order valence-corrected chi connectivity index (χ3v) is 2.92. The summed E-state index contributed by atoms with van der Waals surface area (Å²) in [7, 11) is 0. The fourth-order valence-corrected chi connectivity index (χ4v) is 1.96. The lowest BCUT2D eigenvalue weighted by Gasteiger charge is -2.32. The van der Waals surface area contributed by atoms with Gasteiger partial charge < -0.3 is 9.47 Å². The highest BCUT2D eigenvalue weighted by Gasteiger charge is 2.32. The van der Waals surface area contributed by atoms with Gasteiger partial charge in [-0.3, -0.25) is 4.90 Å². The molecular weight excluding hydrogens is 294 g/mol. The van der Waals surface area contributed by atoms with Gasteiger partial charge in [0.05, 0.1) is 6.61 Å². The molecule has 0 radical (unpaired) electrons. The standard InChI is InChI=1S/C15H28ClNO4/c1-6-9-12(13(18)20-7-2)17(11-8-10-16)14(19)21-15(3,4)5/h12H,6-11H2,1-5H3/t12-/m0/s1. The molecule has 0 aliphatic carbocycles. The van der Waals surface area contributed by atoms with Crippen LogP contribution in [0.2, 0.25) is 0 Å². The highest BCUT2D eigenvalue weighted by Crippen LogP contribution is 2.16. The van der Waals surface area contributed by atoms with Crippen LogP contribution in [-0.2, 0) is 14.3 Å². The first kappa shape index (κ1) is 20.0. The van der Waals surface area contributed by atoms with Gasteiger partial charge in [0, 0.05) is 12.4 Å². The van der Waals surface area contributed by atoms with Gasteiger partial charge in [0.15, 0.2) is 0 Å². The van der Waals surface area contributed by atoms with Crippen LogP contribution in [0.5, 0.6) is 0 Å². The Labute approximate surface area is 132 Å². The van der Waals surface area contributed by atoms with Crippen molar-refractivity contribution in [2.24, 2.45) is 0 Å². The molecule has 0 aromatic carbocycles. The van der Waals surface area contributed by atoms with E-state index in [-0.39, 0.29) is 12.6 Å². The molecule has 5 nitrogen and oxygen atoms in total.